The van der Waals surface area contributed by atoms with E-state index in [0.29, 0.717) is 41.2 Å². The molecule has 1 unspecified atom stereocenters. The summed E-state index contributed by atoms with van der Waals surface area (Å²) in [5.74, 6) is -0.933. The van der Waals surface area contributed by atoms with E-state index in [1.807, 2.05) is 13.8 Å². The highest BCUT2D eigenvalue weighted by molar-refractivity contribution is 5.80. The summed E-state index contributed by atoms with van der Waals surface area (Å²) in [6.45, 7) is 5.60. The number of halogens is 3. The fourth-order valence-electron chi connectivity index (χ4n) is 2.89. The number of anilines is 1. The van der Waals surface area contributed by atoms with Crippen LogP contribution in [0.5, 0.6) is 5.75 Å². The Bertz CT molecular complexity index is 821. The molecule has 3 rings (SSSR count). The molecule has 26 heavy (non-hydrogen) atoms. The van der Waals surface area contributed by atoms with Gasteiger partial charge in [0.25, 0.3) is 0 Å². The molecule has 0 aliphatic carbocycles. The van der Waals surface area contributed by atoms with Gasteiger partial charge in [-0.3, -0.25) is 0 Å². The van der Waals surface area contributed by atoms with Crippen LogP contribution in [0.2, 0.25) is 0 Å². The highest BCUT2D eigenvalue weighted by Crippen LogP contribution is 2.42. The highest BCUT2D eigenvalue weighted by atomic mass is 19.4. The maximum atomic E-state index is 12.8. The number of benzene rings is 2. The fraction of sp³-hybridized carbons (Fsp3) is 0.350. The van der Waals surface area contributed by atoms with Gasteiger partial charge in [0.15, 0.2) is 0 Å². The van der Waals surface area contributed by atoms with Crippen molar-refractivity contribution >= 4 is 5.69 Å². The number of rotatable bonds is 2. The zero-order valence-corrected chi connectivity index (χ0v) is 14.9. The van der Waals surface area contributed by atoms with Gasteiger partial charge >= 0.3 is 6.18 Å². The summed E-state index contributed by atoms with van der Waals surface area (Å²) >= 11 is 0. The topological polar surface area (TPSA) is 59.0 Å². The second-order valence-corrected chi connectivity index (χ2v) is 5.79. The molecule has 0 fully saturated rings. The maximum absolute atomic E-state index is 12.8. The second kappa shape index (κ2) is 7.69. The first-order valence-corrected chi connectivity index (χ1v) is 8.48. The standard InChI is InChI=1S/C18H15F3N2O.C2H6/c1-10(18(19,20)21)11-2-4-12(5-3-11)14-8-16(23)15(9-22)13-6-7-24-17(13)14;1-2/h2-5,8,10H,6-7,23H2,1H3;1-2H3. The molecule has 6 heteroatoms. The van der Waals surface area contributed by atoms with Gasteiger partial charge in [0, 0.05) is 17.5 Å². The summed E-state index contributed by atoms with van der Waals surface area (Å²) in [5, 5.41) is 9.23. The fourth-order valence-corrected chi connectivity index (χ4v) is 2.89. The Balaban J connectivity index is 0.00000117. The van der Waals surface area contributed by atoms with E-state index in [-0.39, 0.29) is 5.56 Å². The van der Waals surface area contributed by atoms with Crippen LogP contribution >= 0.6 is 0 Å². The molecule has 0 bridgehead atoms. The Hall–Kier alpha value is -2.68. The van der Waals surface area contributed by atoms with Crippen molar-refractivity contribution in [1.82, 2.24) is 0 Å². The molecule has 1 aliphatic rings. The first kappa shape index (κ1) is 19.6. The smallest absolute Gasteiger partial charge is 0.395 e. The van der Waals surface area contributed by atoms with Crippen molar-refractivity contribution < 1.29 is 17.9 Å². The summed E-state index contributed by atoms with van der Waals surface area (Å²) in [7, 11) is 0. The van der Waals surface area contributed by atoms with Gasteiger partial charge in [-0.2, -0.15) is 18.4 Å². The summed E-state index contributed by atoms with van der Waals surface area (Å²) in [4.78, 5) is 0. The summed E-state index contributed by atoms with van der Waals surface area (Å²) < 4.78 is 44.0. The predicted octanol–water partition coefficient (Wildman–Crippen LogP) is 5.43. The van der Waals surface area contributed by atoms with Crippen molar-refractivity contribution in [1.29, 1.82) is 5.26 Å². The van der Waals surface area contributed by atoms with E-state index in [1.54, 1.807) is 18.2 Å². The number of nitrogens with two attached hydrogens (primary N) is 1. The minimum absolute atomic E-state index is 0.199. The van der Waals surface area contributed by atoms with Gasteiger partial charge in [-0.15, -0.1) is 0 Å². The zero-order chi connectivity index (χ0) is 19.5. The van der Waals surface area contributed by atoms with Crippen LogP contribution in [-0.4, -0.2) is 12.8 Å². The number of nitrogen functional groups attached to an aromatic ring is 1. The molecule has 0 amide bonds. The van der Waals surface area contributed by atoms with Crippen molar-refractivity contribution in [3.05, 3.63) is 47.0 Å². The molecule has 0 saturated carbocycles. The number of hydrogen-bond donors (Lipinski definition) is 1. The summed E-state index contributed by atoms with van der Waals surface area (Å²) in [5.41, 5.74) is 9.09. The molecule has 0 saturated heterocycles. The number of alkyl halides is 3. The lowest BCUT2D eigenvalue weighted by molar-refractivity contribution is -0.146. The van der Waals surface area contributed by atoms with E-state index >= 15 is 0 Å². The number of fused-ring (bicyclic) bond motifs is 1. The molecule has 2 aromatic rings. The van der Waals surface area contributed by atoms with Gasteiger partial charge in [0.1, 0.15) is 11.8 Å². The average molecular weight is 362 g/mol. The summed E-state index contributed by atoms with van der Waals surface area (Å²) in [6, 6.07) is 9.90. The van der Waals surface area contributed by atoms with E-state index < -0.39 is 12.1 Å². The molecule has 1 aliphatic heterocycles. The van der Waals surface area contributed by atoms with Gasteiger partial charge < -0.3 is 10.5 Å². The molecule has 2 aromatic carbocycles. The average Bonchev–Trinajstić information content (AvgIpc) is 3.11. The van der Waals surface area contributed by atoms with Gasteiger partial charge in [-0.25, -0.2) is 0 Å². The van der Waals surface area contributed by atoms with E-state index in [0.717, 1.165) is 12.5 Å². The van der Waals surface area contributed by atoms with Crippen molar-refractivity contribution in [2.75, 3.05) is 12.3 Å². The van der Waals surface area contributed by atoms with Crippen molar-refractivity contribution in [2.24, 2.45) is 0 Å². The van der Waals surface area contributed by atoms with Gasteiger partial charge in [-0.05, 0) is 24.1 Å². The predicted molar refractivity (Wildman–Crippen MR) is 96.0 cm³/mol. The molecule has 138 valence electrons. The van der Waals surface area contributed by atoms with Gasteiger partial charge in [0.2, 0.25) is 0 Å². The van der Waals surface area contributed by atoms with E-state index in [1.165, 1.54) is 12.1 Å². The van der Waals surface area contributed by atoms with E-state index in [4.69, 9.17) is 10.5 Å². The zero-order valence-electron chi connectivity index (χ0n) is 14.9. The van der Waals surface area contributed by atoms with Crippen LogP contribution in [0, 0.1) is 11.3 Å². The largest absolute Gasteiger partial charge is 0.492 e. The SMILES string of the molecule is CC.CC(c1ccc(-c2cc(N)c(C#N)c3c2OCC3)cc1)C(F)(F)F. The maximum Gasteiger partial charge on any atom is 0.395 e. The number of hydrogen-bond acceptors (Lipinski definition) is 3. The Kier molecular flexibility index (Phi) is 5.81. The van der Waals surface area contributed by atoms with E-state index in [2.05, 4.69) is 6.07 Å². The monoisotopic (exact) mass is 362 g/mol. The third-order valence-corrected chi connectivity index (χ3v) is 4.33. The van der Waals surface area contributed by atoms with Crippen LogP contribution in [0.1, 0.15) is 43.4 Å². The minimum atomic E-state index is -4.27. The first-order chi connectivity index (χ1) is 12.3. The minimum Gasteiger partial charge on any atom is -0.492 e. The molecule has 3 nitrogen and oxygen atoms in total. The van der Waals surface area contributed by atoms with Crippen LogP contribution in [0.4, 0.5) is 18.9 Å². The molecular weight excluding hydrogens is 341 g/mol. The summed E-state index contributed by atoms with van der Waals surface area (Å²) in [6.07, 6.45) is -3.68. The molecular formula is C20H21F3N2O. The molecule has 0 radical (unpaired) electrons. The molecule has 0 aromatic heterocycles. The van der Waals surface area contributed by atoms with Crippen LogP contribution in [0.15, 0.2) is 30.3 Å². The molecule has 0 spiro atoms. The van der Waals surface area contributed by atoms with Crippen LogP contribution < -0.4 is 10.5 Å². The quantitative estimate of drug-likeness (QED) is 0.724. The number of nitriles is 1. The third-order valence-electron chi connectivity index (χ3n) is 4.33. The number of nitrogens with zero attached hydrogens (tertiary/aromatic N) is 1. The lowest BCUT2D eigenvalue weighted by atomic mass is 9.93. The van der Waals surface area contributed by atoms with Crippen LogP contribution in [0.3, 0.4) is 0 Å². The molecule has 2 N–H and O–H groups in total. The Morgan fingerprint density at radius 1 is 1.19 bits per heavy atom. The highest BCUT2D eigenvalue weighted by Gasteiger charge is 2.36. The lowest BCUT2D eigenvalue weighted by Gasteiger charge is -2.17. The molecule has 1 atom stereocenters. The first-order valence-electron chi connectivity index (χ1n) is 8.48. The van der Waals surface area contributed by atoms with Gasteiger partial charge in [-0.1, -0.05) is 38.1 Å². The number of ether oxygens (including phenoxy) is 1. The van der Waals surface area contributed by atoms with Crippen molar-refractivity contribution in [3.8, 4) is 22.9 Å². The molecule has 1 heterocycles. The van der Waals surface area contributed by atoms with Crippen LogP contribution in [0.25, 0.3) is 11.1 Å². The van der Waals surface area contributed by atoms with E-state index in [9.17, 15) is 18.4 Å². The second-order valence-electron chi connectivity index (χ2n) is 5.79. The van der Waals surface area contributed by atoms with Crippen molar-refractivity contribution in [2.45, 2.75) is 39.3 Å². The Morgan fingerprint density at radius 3 is 2.35 bits per heavy atom. The lowest BCUT2D eigenvalue weighted by Crippen LogP contribution is -2.17. The third kappa shape index (κ3) is 3.62. The van der Waals surface area contributed by atoms with Crippen molar-refractivity contribution in [3.63, 3.8) is 0 Å². The Labute approximate surface area is 151 Å². The normalized spacial score (nSPS) is 13.7. The van der Waals surface area contributed by atoms with Gasteiger partial charge in [0.05, 0.1) is 23.8 Å². The van der Waals surface area contributed by atoms with Crippen LogP contribution in [-0.2, 0) is 6.42 Å². The Morgan fingerprint density at radius 2 is 1.81 bits per heavy atom.